The fourth-order valence-electron chi connectivity index (χ4n) is 2.09. The molecule has 2 aromatic rings. The van der Waals surface area contributed by atoms with Crippen molar-refractivity contribution in [3.8, 4) is 5.75 Å². The number of hydrogen-bond acceptors (Lipinski definition) is 8. The van der Waals surface area contributed by atoms with E-state index >= 15 is 0 Å². The molecule has 0 aliphatic heterocycles. The topological polar surface area (TPSA) is 122 Å². The van der Waals surface area contributed by atoms with Gasteiger partial charge < -0.3 is 13.7 Å². The van der Waals surface area contributed by atoms with Gasteiger partial charge in [-0.1, -0.05) is 6.07 Å². The minimum atomic E-state index is -4.29. The van der Waals surface area contributed by atoms with E-state index in [4.69, 9.17) is 13.7 Å². The number of non-ortho nitro benzene ring substituents is 1. The maximum Gasteiger partial charge on any atom is 0.339 e. The molecule has 2 rings (SSSR count). The summed E-state index contributed by atoms with van der Waals surface area (Å²) in [4.78, 5) is 21.6. The monoisotopic (exact) mass is 395 g/mol. The zero-order valence-electron chi connectivity index (χ0n) is 14.6. The molecule has 9 nitrogen and oxygen atoms in total. The molecule has 0 bridgehead atoms. The maximum absolute atomic E-state index is 12.4. The Hall–Kier alpha value is -2.98. The third-order valence-corrected chi connectivity index (χ3v) is 4.86. The van der Waals surface area contributed by atoms with E-state index in [-0.39, 0.29) is 35.1 Å². The van der Waals surface area contributed by atoms with Crippen molar-refractivity contribution >= 4 is 21.8 Å². The van der Waals surface area contributed by atoms with Crippen molar-refractivity contribution in [3.63, 3.8) is 0 Å². The lowest BCUT2D eigenvalue weighted by Crippen LogP contribution is -2.12. The summed E-state index contributed by atoms with van der Waals surface area (Å²) < 4.78 is 39.6. The van der Waals surface area contributed by atoms with Gasteiger partial charge in [-0.15, -0.1) is 0 Å². The quantitative estimate of drug-likeness (QED) is 0.220. The number of ether oxygens (including phenoxy) is 2. The molecule has 0 saturated carbocycles. The lowest BCUT2D eigenvalue weighted by Gasteiger charge is -2.10. The third-order valence-electron chi connectivity index (χ3n) is 3.47. The summed E-state index contributed by atoms with van der Waals surface area (Å²) in [5.74, 6) is -0.634. The predicted molar refractivity (Wildman–Crippen MR) is 94.2 cm³/mol. The fraction of sp³-hybridized carbons (Fsp3) is 0.235. The molecule has 0 unspecified atom stereocenters. The van der Waals surface area contributed by atoms with Crippen LogP contribution < -0.4 is 4.18 Å². The molecular weight excluding hydrogens is 378 g/mol. The predicted octanol–water partition coefficient (Wildman–Crippen LogP) is 2.47. The smallest absolute Gasteiger partial charge is 0.339 e. The standard InChI is InChI=1S/C17H17NO8S/c1-12-3-6-14(18(20)21)11-16(12)27(22,23)26-15-7-4-13(5-8-15)17(19)25-10-9-24-2/h3-8,11H,9-10H2,1-2H3. The largest absolute Gasteiger partial charge is 0.460 e. The zero-order chi connectivity index (χ0) is 20.0. The zero-order valence-corrected chi connectivity index (χ0v) is 15.4. The van der Waals surface area contributed by atoms with Crippen LogP contribution in [-0.2, 0) is 19.6 Å². The van der Waals surface area contributed by atoms with Gasteiger partial charge in [0.1, 0.15) is 17.3 Å². The highest BCUT2D eigenvalue weighted by molar-refractivity contribution is 7.87. The summed E-state index contributed by atoms with van der Waals surface area (Å²) >= 11 is 0. The van der Waals surface area contributed by atoms with E-state index in [1.807, 2.05) is 0 Å². The van der Waals surface area contributed by atoms with Crippen LogP contribution >= 0.6 is 0 Å². The number of nitro benzene ring substituents is 1. The van der Waals surface area contributed by atoms with Crippen LogP contribution in [0.25, 0.3) is 0 Å². The summed E-state index contributed by atoms with van der Waals surface area (Å²) in [6, 6.07) is 8.74. The van der Waals surface area contributed by atoms with Crippen molar-refractivity contribution in [3.05, 3.63) is 63.7 Å². The number of methoxy groups -OCH3 is 1. The minimum absolute atomic E-state index is 0.0469. The Labute approximate surface area is 155 Å². The van der Waals surface area contributed by atoms with E-state index in [1.54, 1.807) is 0 Å². The summed E-state index contributed by atoms with van der Waals surface area (Å²) in [6.07, 6.45) is 0. The Balaban J connectivity index is 2.18. The van der Waals surface area contributed by atoms with Crippen molar-refractivity contribution in [1.82, 2.24) is 0 Å². The molecule has 0 aliphatic rings. The molecule has 0 heterocycles. The van der Waals surface area contributed by atoms with Gasteiger partial charge in [-0.25, -0.2) is 4.79 Å². The second kappa shape index (κ2) is 8.60. The summed E-state index contributed by atoms with van der Waals surface area (Å²) in [7, 11) is -2.81. The summed E-state index contributed by atoms with van der Waals surface area (Å²) in [5, 5.41) is 10.9. The summed E-state index contributed by atoms with van der Waals surface area (Å²) in [6.45, 7) is 1.85. The highest BCUT2D eigenvalue weighted by Crippen LogP contribution is 2.25. The number of esters is 1. The number of carbonyl (C=O) groups excluding carboxylic acids is 1. The van der Waals surface area contributed by atoms with Crippen LogP contribution in [-0.4, -0.2) is 39.6 Å². The van der Waals surface area contributed by atoms with Gasteiger partial charge >= 0.3 is 16.1 Å². The van der Waals surface area contributed by atoms with Gasteiger partial charge in [0, 0.05) is 19.2 Å². The van der Waals surface area contributed by atoms with Crippen molar-refractivity contribution in [1.29, 1.82) is 0 Å². The summed E-state index contributed by atoms with van der Waals surface area (Å²) in [5.41, 5.74) is 0.151. The number of carbonyl (C=O) groups is 1. The second-order valence-corrected chi connectivity index (χ2v) is 6.91. The molecule has 27 heavy (non-hydrogen) atoms. The van der Waals surface area contributed by atoms with Gasteiger partial charge in [0.2, 0.25) is 0 Å². The lowest BCUT2D eigenvalue weighted by molar-refractivity contribution is -0.385. The Morgan fingerprint density at radius 2 is 1.78 bits per heavy atom. The Bertz CT molecular complexity index is 938. The molecular formula is C17H17NO8S. The maximum atomic E-state index is 12.4. The number of nitrogens with zero attached hydrogens (tertiary/aromatic N) is 1. The van der Waals surface area contributed by atoms with E-state index in [1.165, 1.54) is 50.4 Å². The van der Waals surface area contributed by atoms with Crippen molar-refractivity contribution < 1.29 is 31.8 Å². The van der Waals surface area contributed by atoms with Crippen LogP contribution in [0.4, 0.5) is 5.69 Å². The number of benzene rings is 2. The average molecular weight is 395 g/mol. The molecule has 144 valence electrons. The number of rotatable bonds is 8. The first-order valence-corrected chi connectivity index (χ1v) is 9.11. The van der Waals surface area contributed by atoms with Crippen LogP contribution in [0.1, 0.15) is 15.9 Å². The lowest BCUT2D eigenvalue weighted by atomic mass is 10.2. The van der Waals surface area contributed by atoms with Crippen LogP contribution in [0.15, 0.2) is 47.4 Å². The molecule has 2 aromatic carbocycles. The minimum Gasteiger partial charge on any atom is -0.460 e. The SMILES string of the molecule is COCCOC(=O)c1ccc(OS(=O)(=O)c2cc([N+](=O)[O-])ccc2C)cc1. The van der Waals surface area contributed by atoms with Gasteiger partial charge in [-0.3, -0.25) is 10.1 Å². The molecule has 0 aliphatic carbocycles. The Morgan fingerprint density at radius 3 is 2.37 bits per heavy atom. The van der Waals surface area contributed by atoms with Crippen LogP contribution in [0.2, 0.25) is 0 Å². The van der Waals surface area contributed by atoms with Crippen LogP contribution in [0.3, 0.4) is 0 Å². The molecule has 0 amide bonds. The van der Waals surface area contributed by atoms with E-state index in [0.29, 0.717) is 5.56 Å². The average Bonchev–Trinajstić information content (AvgIpc) is 2.62. The first-order valence-electron chi connectivity index (χ1n) is 7.70. The molecule has 0 aromatic heterocycles. The van der Waals surface area contributed by atoms with Crippen LogP contribution in [0, 0.1) is 17.0 Å². The molecule has 0 fully saturated rings. The third kappa shape index (κ3) is 5.25. The van der Waals surface area contributed by atoms with Gasteiger partial charge in [-0.05, 0) is 36.8 Å². The van der Waals surface area contributed by atoms with E-state index in [9.17, 15) is 23.3 Å². The van der Waals surface area contributed by atoms with Crippen molar-refractivity contribution in [2.24, 2.45) is 0 Å². The molecule has 0 N–H and O–H groups in total. The molecule has 0 saturated heterocycles. The molecule has 0 spiro atoms. The second-order valence-electron chi connectivity index (χ2n) is 5.40. The van der Waals surface area contributed by atoms with E-state index < -0.39 is 21.0 Å². The Kier molecular flexibility index (Phi) is 6.48. The van der Waals surface area contributed by atoms with Gasteiger partial charge in [0.15, 0.2) is 0 Å². The number of hydrogen-bond donors (Lipinski definition) is 0. The Morgan fingerprint density at radius 1 is 1.11 bits per heavy atom. The van der Waals surface area contributed by atoms with Crippen LogP contribution in [0.5, 0.6) is 5.75 Å². The number of nitro groups is 1. The van der Waals surface area contributed by atoms with Crippen molar-refractivity contribution in [2.45, 2.75) is 11.8 Å². The fourth-order valence-corrected chi connectivity index (χ4v) is 3.27. The molecule has 0 atom stereocenters. The van der Waals surface area contributed by atoms with Gasteiger partial charge in [0.05, 0.1) is 17.1 Å². The van der Waals surface area contributed by atoms with Gasteiger partial charge in [-0.2, -0.15) is 8.42 Å². The van der Waals surface area contributed by atoms with Crippen molar-refractivity contribution in [2.75, 3.05) is 20.3 Å². The molecule has 0 radical (unpaired) electrons. The first-order chi connectivity index (χ1) is 12.7. The van der Waals surface area contributed by atoms with E-state index in [2.05, 4.69) is 0 Å². The van der Waals surface area contributed by atoms with Gasteiger partial charge in [0.25, 0.3) is 5.69 Å². The highest BCUT2D eigenvalue weighted by Gasteiger charge is 2.23. The molecule has 10 heteroatoms. The highest BCUT2D eigenvalue weighted by atomic mass is 32.2. The number of aryl methyl sites for hydroxylation is 1. The first kappa shape index (κ1) is 20.3. The van der Waals surface area contributed by atoms with E-state index in [0.717, 1.165) is 6.07 Å². The normalized spacial score (nSPS) is 11.0.